The Morgan fingerprint density at radius 1 is 1.47 bits per heavy atom. The highest BCUT2D eigenvalue weighted by Crippen LogP contribution is 2.45. The van der Waals surface area contributed by atoms with Crippen molar-refractivity contribution in [3.63, 3.8) is 0 Å². The Balaban J connectivity index is 2.51. The lowest BCUT2D eigenvalue weighted by molar-refractivity contribution is -0.147. The molecule has 1 aliphatic carbocycles. The zero-order valence-corrected chi connectivity index (χ0v) is 8.59. The summed E-state index contributed by atoms with van der Waals surface area (Å²) in [7, 11) is 0. The standard InChI is InChI=1S/C12H13FO2/c1-8-3-4-9(13)7-10(8)12(11(14)15)5-2-6-12/h3-4,7H,2,5-6H2,1H3,(H,14,15). The number of hydrogen-bond acceptors (Lipinski definition) is 1. The van der Waals surface area contributed by atoms with Crippen LogP contribution in [0.2, 0.25) is 0 Å². The van der Waals surface area contributed by atoms with E-state index in [2.05, 4.69) is 0 Å². The van der Waals surface area contributed by atoms with Crippen molar-refractivity contribution in [2.24, 2.45) is 0 Å². The SMILES string of the molecule is Cc1ccc(F)cc1C1(C(=O)O)CCC1. The Morgan fingerprint density at radius 3 is 2.60 bits per heavy atom. The molecule has 1 aromatic rings. The zero-order chi connectivity index (χ0) is 11.1. The molecule has 1 fully saturated rings. The molecular weight excluding hydrogens is 195 g/mol. The normalized spacial score (nSPS) is 18.3. The minimum absolute atomic E-state index is 0.358. The molecule has 0 aliphatic heterocycles. The number of benzene rings is 1. The van der Waals surface area contributed by atoms with Crippen LogP contribution in [-0.4, -0.2) is 11.1 Å². The van der Waals surface area contributed by atoms with Crippen LogP contribution in [0.1, 0.15) is 30.4 Å². The molecule has 0 saturated heterocycles. The highest BCUT2D eigenvalue weighted by Gasteiger charge is 2.46. The lowest BCUT2D eigenvalue weighted by Gasteiger charge is -2.39. The van der Waals surface area contributed by atoms with Crippen molar-refractivity contribution < 1.29 is 14.3 Å². The van der Waals surface area contributed by atoms with E-state index in [0.717, 1.165) is 12.0 Å². The van der Waals surface area contributed by atoms with Crippen molar-refractivity contribution in [3.8, 4) is 0 Å². The number of carboxylic acids is 1. The molecule has 0 atom stereocenters. The lowest BCUT2D eigenvalue weighted by Crippen LogP contribution is -2.42. The van der Waals surface area contributed by atoms with Gasteiger partial charge >= 0.3 is 5.97 Å². The number of carbonyl (C=O) groups is 1. The maximum absolute atomic E-state index is 13.1. The molecule has 0 amide bonds. The van der Waals surface area contributed by atoms with Crippen LogP contribution in [-0.2, 0) is 10.2 Å². The van der Waals surface area contributed by atoms with Gasteiger partial charge in [-0.2, -0.15) is 0 Å². The molecule has 2 nitrogen and oxygen atoms in total. The summed E-state index contributed by atoms with van der Waals surface area (Å²) in [5, 5.41) is 9.23. The van der Waals surface area contributed by atoms with E-state index in [9.17, 15) is 14.3 Å². The molecule has 15 heavy (non-hydrogen) atoms. The predicted molar refractivity (Wildman–Crippen MR) is 54.3 cm³/mol. The molecule has 3 heteroatoms. The van der Waals surface area contributed by atoms with E-state index >= 15 is 0 Å². The Bertz CT molecular complexity index is 408. The smallest absolute Gasteiger partial charge is 0.314 e. The van der Waals surface area contributed by atoms with Gasteiger partial charge in [0.25, 0.3) is 0 Å². The van der Waals surface area contributed by atoms with Crippen molar-refractivity contribution in [3.05, 3.63) is 35.1 Å². The van der Waals surface area contributed by atoms with Crippen LogP contribution >= 0.6 is 0 Å². The monoisotopic (exact) mass is 208 g/mol. The number of aliphatic carboxylic acids is 1. The fourth-order valence-electron chi connectivity index (χ4n) is 2.24. The van der Waals surface area contributed by atoms with E-state index < -0.39 is 11.4 Å². The number of rotatable bonds is 2. The van der Waals surface area contributed by atoms with Crippen LogP contribution < -0.4 is 0 Å². The van der Waals surface area contributed by atoms with E-state index in [1.807, 2.05) is 6.92 Å². The van der Waals surface area contributed by atoms with Crippen LogP contribution in [0.4, 0.5) is 4.39 Å². The molecule has 1 aliphatic rings. The van der Waals surface area contributed by atoms with Crippen molar-refractivity contribution in [2.75, 3.05) is 0 Å². The number of hydrogen-bond donors (Lipinski definition) is 1. The molecular formula is C12H13FO2. The van der Waals surface area contributed by atoms with Crippen LogP contribution in [0.25, 0.3) is 0 Å². The van der Waals surface area contributed by atoms with Gasteiger partial charge < -0.3 is 5.11 Å². The lowest BCUT2D eigenvalue weighted by atomic mass is 9.63. The van der Waals surface area contributed by atoms with Crippen molar-refractivity contribution in [2.45, 2.75) is 31.6 Å². The summed E-state index contributed by atoms with van der Waals surface area (Å²) in [4.78, 5) is 11.2. The molecule has 0 aromatic heterocycles. The summed E-state index contributed by atoms with van der Waals surface area (Å²) >= 11 is 0. The second-order valence-electron chi connectivity index (χ2n) is 4.20. The molecule has 0 radical (unpaired) electrons. The van der Waals surface area contributed by atoms with Crippen LogP contribution in [0.3, 0.4) is 0 Å². The van der Waals surface area contributed by atoms with Crippen LogP contribution in [0.15, 0.2) is 18.2 Å². The molecule has 2 rings (SSSR count). The van der Waals surface area contributed by atoms with Gasteiger partial charge in [0.15, 0.2) is 0 Å². The van der Waals surface area contributed by atoms with E-state index in [0.29, 0.717) is 18.4 Å². The number of halogens is 1. The van der Waals surface area contributed by atoms with Gasteiger partial charge in [-0.3, -0.25) is 4.79 Å². The summed E-state index contributed by atoms with van der Waals surface area (Å²) in [6.07, 6.45) is 2.14. The van der Waals surface area contributed by atoms with Gasteiger partial charge in [-0.15, -0.1) is 0 Å². The van der Waals surface area contributed by atoms with E-state index in [1.165, 1.54) is 12.1 Å². The molecule has 0 bridgehead atoms. The fraction of sp³-hybridized carbons (Fsp3) is 0.417. The third kappa shape index (κ3) is 1.42. The Labute approximate surface area is 87.7 Å². The summed E-state index contributed by atoms with van der Waals surface area (Å²) in [6, 6.07) is 4.38. The number of aryl methyl sites for hydroxylation is 1. The first-order valence-electron chi connectivity index (χ1n) is 5.06. The maximum Gasteiger partial charge on any atom is 0.314 e. The third-order valence-corrected chi connectivity index (χ3v) is 3.33. The van der Waals surface area contributed by atoms with E-state index in [-0.39, 0.29) is 5.82 Å². The predicted octanol–water partition coefficient (Wildman–Crippen LogP) is 2.64. The minimum atomic E-state index is -0.831. The van der Waals surface area contributed by atoms with E-state index in [1.54, 1.807) is 6.07 Å². The van der Waals surface area contributed by atoms with E-state index in [4.69, 9.17) is 0 Å². The van der Waals surface area contributed by atoms with Gasteiger partial charge in [-0.25, -0.2) is 4.39 Å². The first-order valence-corrected chi connectivity index (χ1v) is 5.06. The van der Waals surface area contributed by atoms with Gasteiger partial charge in [0, 0.05) is 0 Å². The largest absolute Gasteiger partial charge is 0.481 e. The van der Waals surface area contributed by atoms with Gasteiger partial charge in [0.05, 0.1) is 5.41 Å². The topological polar surface area (TPSA) is 37.3 Å². The Kier molecular flexibility index (Phi) is 2.25. The molecule has 0 unspecified atom stereocenters. The van der Waals surface area contributed by atoms with Crippen molar-refractivity contribution in [1.82, 2.24) is 0 Å². The minimum Gasteiger partial charge on any atom is -0.481 e. The first-order chi connectivity index (χ1) is 7.06. The Hall–Kier alpha value is -1.38. The van der Waals surface area contributed by atoms with Gasteiger partial charge in [-0.1, -0.05) is 12.5 Å². The molecule has 1 saturated carbocycles. The Morgan fingerprint density at radius 2 is 2.13 bits per heavy atom. The van der Waals surface area contributed by atoms with Crippen LogP contribution in [0, 0.1) is 12.7 Å². The summed E-state index contributed by atoms with van der Waals surface area (Å²) in [6.45, 7) is 1.83. The average Bonchev–Trinajstić information content (AvgIpc) is 2.08. The zero-order valence-electron chi connectivity index (χ0n) is 8.59. The second kappa shape index (κ2) is 3.33. The first kappa shape index (κ1) is 10.1. The van der Waals surface area contributed by atoms with Crippen LogP contribution in [0.5, 0.6) is 0 Å². The van der Waals surface area contributed by atoms with Crippen molar-refractivity contribution >= 4 is 5.97 Å². The van der Waals surface area contributed by atoms with Crippen molar-refractivity contribution in [1.29, 1.82) is 0 Å². The molecule has 0 spiro atoms. The molecule has 80 valence electrons. The summed E-state index contributed by atoms with van der Waals surface area (Å²) in [5.74, 6) is -1.19. The molecule has 1 aromatic carbocycles. The maximum atomic E-state index is 13.1. The van der Waals surface area contributed by atoms with Gasteiger partial charge in [-0.05, 0) is 43.0 Å². The quantitative estimate of drug-likeness (QED) is 0.811. The average molecular weight is 208 g/mol. The van der Waals surface area contributed by atoms with Gasteiger partial charge in [0.2, 0.25) is 0 Å². The molecule has 0 heterocycles. The van der Waals surface area contributed by atoms with Gasteiger partial charge in [0.1, 0.15) is 5.82 Å². The highest BCUT2D eigenvalue weighted by molar-refractivity contribution is 5.83. The number of carboxylic acid groups (broad SMARTS) is 1. The summed E-state index contributed by atoms with van der Waals surface area (Å²) < 4.78 is 13.1. The summed E-state index contributed by atoms with van der Waals surface area (Å²) in [5.41, 5.74) is 0.673. The highest BCUT2D eigenvalue weighted by atomic mass is 19.1. The fourth-order valence-corrected chi connectivity index (χ4v) is 2.24. The third-order valence-electron chi connectivity index (χ3n) is 3.33. The second-order valence-corrected chi connectivity index (χ2v) is 4.20. The molecule has 1 N–H and O–H groups in total.